The standard InChI is InChI=1S/C15H18ClNO4S/c1-15(2,3)14-17-11-5-4-10(16)13(12(11)21-14)22(18,19)9-6-7-20-8-9/h4-5,9H,6-8H2,1-3H3/t9-/m0/s1. The van der Waals surface area contributed by atoms with Gasteiger partial charge < -0.3 is 9.15 Å². The monoisotopic (exact) mass is 343 g/mol. The molecule has 7 heteroatoms. The fourth-order valence-electron chi connectivity index (χ4n) is 2.45. The number of fused-ring (bicyclic) bond motifs is 1. The smallest absolute Gasteiger partial charge is 0.200 e. The number of rotatable bonds is 2. The van der Waals surface area contributed by atoms with Crippen LogP contribution in [0.5, 0.6) is 0 Å². The Morgan fingerprint density at radius 2 is 2.05 bits per heavy atom. The largest absolute Gasteiger partial charge is 0.439 e. The summed E-state index contributed by atoms with van der Waals surface area (Å²) in [7, 11) is -3.62. The summed E-state index contributed by atoms with van der Waals surface area (Å²) in [4.78, 5) is 4.44. The topological polar surface area (TPSA) is 69.4 Å². The molecule has 0 aliphatic carbocycles. The number of oxazole rings is 1. The summed E-state index contributed by atoms with van der Waals surface area (Å²) in [6, 6.07) is 3.24. The zero-order valence-electron chi connectivity index (χ0n) is 12.7. The second-order valence-corrected chi connectivity index (χ2v) is 9.10. The van der Waals surface area contributed by atoms with Crippen molar-refractivity contribution in [3.8, 4) is 0 Å². The summed E-state index contributed by atoms with van der Waals surface area (Å²) in [5, 5.41) is -0.421. The van der Waals surface area contributed by atoms with Crippen LogP contribution < -0.4 is 0 Å². The second kappa shape index (κ2) is 5.22. The predicted molar refractivity (Wildman–Crippen MR) is 84.1 cm³/mol. The predicted octanol–water partition coefficient (Wildman–Crippen LogP) is 3.34. The Morgan fingerprint density at radius 1 is 1.32 bits per heavy atom. The molecular weight excluding hydrogens is 326 g/mol. The van der Waals surface area contributed by atoms with Crippen molar-refractivity contribution in [1.82, 2.24) is 4.98 Å². The van der Waals surface area contributed by atoms with E-state index < -0.39 is 15.1 Å². The quantitative estimate of drug-likeness (QED) is 0.836. The van der Waals surface area contributed by atoms with Gasteiger partial charge in [-0.05, 0) is 18.6 Å². The highest BCUT2D eigenvalue weighted by atomic mass is 35.5. The SMILES string of the molecule is CC(C)(C)c1nc2ccc(Cl)c(S(=O)(=O)[C@H]3CCOC3)c2o1. The molecule has 0 unspecified atom stereocenters. The summed E-state index contributed by atoms with van der Waals surface area (Å²) in [6.45, 7) is 6.51. The normalized spacial score (nSPS) is 19.9. The Kier molecular flexibility index (Phi) is 3.74. The van der Waals surface area contributed by atoms with Crippen molar-refractivity contribution in [1.29, 1.82) is 0 Å². The van der Waals surface area contributed by atoms with Crippen LogP contribution in [-0.2, 0) is 20.0 Å². The van der Waals surface area contributed by atoms with Gasteiger partial charge in [-0.2, -0.15) is 0 Å². The number of nitrogens with zero attached hydrogens (tertiary/aromatic N) is 1. The van der Waals surface area contributed by atoms with Crippen LogP contribution in [0, 0.1) is 0 Å². The molecule has 3 rings (SSSR count). The summed E-state index contributed by atoms with van der Waals surface area (Å²) in [5.74, 6) is 0.490. The lowest BCUT2D eigenvalue weighted by Gasteiger charge is -2.13. The molecule has 1 aromatic carbocycles. The van der Waals surface area contributed by atoms with Gasteiger partial charge in [-0.3, -0.25) is 0 Å². The summed E-state index contributed by atoms with van der Waals surface area (Å²) in [6.07, 6.45) is 0.468. The number of hydrogen-bond donors (Lipinski definition) is 0. The highest BCUT2D eigenvalue weighted by Gasteiger charge is 2.36. The molecule has 120 valence electrons. The first-order valence-electron chi connectivity index (χ1n) is 7.12. The first-order chi connectivity index (χ1) is 10.2. The van der Waals surface area contributed by atoms with E-state index in [9.17, 15) is 8.42 Å². The maximum Gasteiger partial charge on any atom is 0.200 e. The van der Waals surface area contributed by atoms with Crippen molar-refractivity contribution in [2.75, 3.05) is 13.2 Å². The van der Waals surface area contributed by atoms with Gasteiger partial charge in [0.25, 0.3) is 0 Å². The molecule has 0 amide bonds. The number of ether oxygens (including phenoxy) is 1. The minimum Gasteiger partial charge on any atom is -0.439 e. The van der Waals surface area contributed by atoms with Crippen LogP contribution >= 0.6 is 11.6 Å². The second-order valence-electron chi connectivity index (χ2n) is 6.52. The number of benzene rings is 1. The van der Waals surface area contributed by atoms with E-state index in [0.717, 1.165) is 0 Å². The molecule has 1 saturated heterocycles. The molecule has 1 aliphatic rings. The van der Waals surface area contributed by atoms with Gasteiger partial charge in [0.1, 0.15) is 10.4 Å². The zero-order chi connectivity index (χ0) is 16.1. The van der Waals surface area contributed by atoms with Crippen LogP contribution in [0.1, 0.15) is 33.1 Å². The molecule has 0 N–H and O–H groups in total. The Balaban J connectivity index is 2.24. The lowest BCUT2D eigenvalue weighted by molar-refractivity contribution is 0.198. The molecule has 1 aliphatic heterocycles. The molecule has 1 aromatic heterocycles. The number of halogens is 1. The van der Waals surface area contributed by atoms with E-state index in [2.05, 4.69) is 4.98 Å². The number of sulfone groups is 1. The van der Waals surface area contributed by atoms with Crippen LogP contribution in [0.3, 0.4) is 0 Å². The third kappa shape index (κ3) is 2.53. The number of aromatic nitrogens is 1. The molecule has 0 radical (unpaired) electrons. The minimum absolute atomic E-state index is 0.0326. The minimum atomic E-state index is -3.62. The molecular formula is C15H18ClNO4S. The van der Waals surface area contributed by atoms with E-state index in [1.807, 2.05) is 20.8 Å². The van der Waals surface area contributed by atoms with Crippen molar-refractivity contribution >= 4 is 32.5 Å². The van der Waals surface area contributed by atoms with E-state index in [4.69, 9.17) is 20.8 Å². The van der Waals surface area contributed by atoms with Gasteiger partial charge in [0.2, 0.25) is 5.89 Å². The Labute approximate surface area is 134 Å². The molecule has 0 spiro atoms. The van der Waals surface area contributed by atoms with Gasteiger partial charge in [0, 0.05) is 12.0 Å². The highest BCUT2D eigenvalue weighted by molar-refractivity contribution is 7.92. The average Bonchev–Trinajstić information content (AvgIpc) is 3.06. The molecule has 22 heavy (non-hydrogen) atoms. The molecule has 2 aromatic rings. The highest BCUT2D eigenvalue weighted by Crippen LogP contribution is 2.36. The lowest BCUT2D eigenvalue weighted by atomic mass is 9.97. The number of hydrogen-bond acceptors (Lipinski definition) is 5. The molecule has 0 saturated carbocycles. The van der Waals surface area contributed by atoms with Crippen molar-refractivity contribution in [3.05, 3.63) is 23.0 Å². The van der Waals surface area contributed by atoms with E-state index in [1.54, 1.807) is 12.1 Å². The van der Waals surface area contributed by atoms with Crippen molar-refractivity contribution < 1.29 is 17.6 Å². The Hall–Kier alpha value is -1.11. The van der Waals surface area contributed by atoms with Gasteiger partial charge >= 0.3 is 0 Å². The molecule has 1 fully saturated rings. The van der Waals surface area contributed by atoms with Gasteiger partial charge in [0.05, 0.1) is 16.9 Å². The Morgan fingerprint density at radius 3 is 2.64 bits per heavy atom. The summed E-state index contributed by atoms with van der Waals surface area (Å²) >= 11 is 6.18. The zero-order valence-corrected chi connectivity index (χ0v) is 14.3. The maximum absolute atomic E-state index is 12.9. The van der Waals surface area contributed by atoms with Gasteiger partial charge in [-0.1, -0.05) is 32.4 Å². The van der Waals surface area contributed by atoms with Crippen LogP contribution in [-0.4, -0.2) is 31.9 Å². The van der Waals surface area contributed by atoms with Gasteiger partial charge in [0.15, 0.2) is 15.4 Å². The average molecular weight is 344 g/mol. The lowest BCUT2D eigenvalue weighted by Crippen LogP contribution is -2.22. The van der Waals surface area contributed by atoms with E-state index in [0.29, 0.717) is 24.4 Å². The van der Waals surface area contributed by atoms with Crippen molar-refractivity contribution in [2.45, 2.75) is 42.8 Å². The van der Waals surface area contributed by atoms with E-state index >= 15 is 0 Å². The van der Waals surface area contributed by atoms with Crippen molar-refractivity contribution in [2.24, 2.45) is 0 Å². The third-order valence-electron chi connectivity index (χ3n) is 3.72. The van der Waals surface area contributed by atoms with Crippen LogP contribution in [0.4, 0.5) is 0 Å². The molecule has 5 nitrogen and oxygen atoms in total. The fraction of sp³-hybridized carbons (Fsp3) is 0.533. The first-order valence-corrected chi connectivity index (χ1v) is 9.05. The van der Waals surface area contributed by atoms with Gasteiger partial charge in [-0.25, -0.2) is 13.4 Å². The first kappa shape index (κ1) is 15.8. The third-order valence-corrected chi connectivity index (χ3v) is 6.37. The van der Waals surface area contributed by atoms with Crippen LogP contribution in [0.25, 0.3) is 11.1 Å². The van der Waals surface area contributed by atoms with E-state index in [-0.39, 0.29) is 27.5 Å². The fourth-order valence-corrected chi connectivity index (χ4v) is 4.69. The summed E-state index contributed by atoms with van der Waals surface area (Å²) in [5.41, 5.74) is 0.430. The molecule has 0 bridgehead atoms. The van der Waals surface area contributed by atoms with Gasteiger partial charge in [-0.15, -0.1) is 0 Å². The maximum atomic E-state index is 12.9. The van der Waals surface area contributed by atoms with Crippen LogP contribution in [0.15, 0.2) is 21.4 Å². The van der Waals surface area contributed by atoms with E-state index in [1.165, 1.54) is 0 Å². The molecule has 2 heterocycles. The van der Waals surface area contributed by atoms with Crippen LogP contribution in [0.2, 0.25) is 5.02 Å². The molecule has 1 atom stereocenters. The van der Waals surface area contributed by atoms with Crippen molar-refractivity contribution in [3.63, 3.8) is 0 Å². The summed E-state index contributed by atoms with van der Waals surface area (Å²) < 4.78 is 36.7. The Bertz CT molecular complexity index is 814.